The second-order valence-corrected chi connectivity index (χ2v) is 9.73. The van der Waals surface area contributed by atoms with Crippen molar-refractivity contribution in [2.45, 2.75) is 76.8 Å². The molecular formula is C21H32O4. The van der Waals surface area contributed by atoms with Gasteiger partial charge in [0.15, 0.2) is 5.79 Å². The zero-order valence-electron chi connectivity index (χ0n) is 15.5. The Morgan fingerprint density at radius 3 is 2.44 bits per heavy atom. The maximum atomic E-state index is 11.1. The van der Waals surface area contributed by atoms with E-state index in [1.165, 1.54) is 5.57 Å². The van der Waals surface area contributed by atoms with Gasteiger partial charge in [-0.05, 0) is 61.7 Å². The van der Waals surface area contributed by atoms with Gasteiger partial charge in [-0.1, -0.05) is 25.5 Å². The van der Waals surface area contributed by atoms with Crippen molar-refractivity contribution in [1.82, 2.24) is 0 Å². The Kier molecular flexibility index (Phi) is 3.55. The summed E-state index contributed by atoms with van der Waals surface area (Å²) in [6, 6.07) is 0. The van der Waals surface area contributed by atoms with Crippen LogP contribution in [0.3, 0.4) is 0 Å². The second-order valence-electron chi connectivity index (χ2n) is 9.73. The molecule has 5 rings (SSSR count). The van der Waals surface area contributed by atoms with E-state index in [2.05, 4.69) is 19.9 Å². The van der Waals surface area contributed by atoms with Gasteiger partial charge in [0, 0.05) is 11.8 Å². The minimum absolute atomic E-state index is 0.0154. The van der Waals surface area contributed by atoms with Gasteiger partial charge in [-0.25, -0.2) is 0 Å². The molecule has 2 N–H and O–H groups in total. The molecule has 0 amide bonds. The van der Waals surface area contributed by atoms with Crippen molar-refractivity contribution >= 4 is 0 Å². The van der Waals surface area contributed by atoms with E-state index < -0.39 is 5.79 Å². The van der Waals surface area contributed by atoms with Gasteiger partial charge in [0.2, 0.25) is 0 Å². The summed E-state index contributed by atoms with van der Waals surface area (Å²) in [6.45, 7) is 6.16. The Hall–Kier alpha value is -0.420. The van der Waals surface area contributed by atoms with E-state index >= 15 is 0 Å². The van der Waals surface area contributed by atoms with Crippen LogP contribution in [0.4, 0.5) is 0 Å². The van der Waals surface area contributed by atoms with Crippen molar-refractivity contribution in [1.29, 1.82) is 0 Å². The summed E-state index contributed by atoms with van der Waals surface area (Å²) in [7, 11) is 0. The Bertz CT molecular complexity index is 595. The predicted octanol–water partition coefficient (Wildman–Crippen LogP) is 3.02. The van der Waals surface area contributed by atoms with Crippen molar-refractivity contribution in [2.75, 3.05) is 13.2 Å². The highest BCUT2D eigenvalue weighted by Gasteiger charge is 2.67. The van der Waals surface area contributed by atoms with Gasteiger partial charge in [-0.15, -0.1) is 0 Å². The standard InChI is InChI=1S/C21H32O4/c1-19-6-3-14(22)11-13(19)12-17(23)18-15(19)4-7-20(2)16(18)5-8-21(20)24-9-10-25-21/h12,14-18,22-23H,3-11H2,1-2H3/t14-,15+,16+,17-,18-,19+,20+/m1/s1. The molecule has 140 valence electrons. The SMILES string of the molecule is C[C@]12CC[C@@H](O)CC1=C[C@@H](O)[C@@H]1[C@@H]2CC[C@@]2(C)[C@H]1CCC21OCCO1. The Labute approximate surface area is 150 Å². The average Bonchev–Trinajstić information content (AvgIpc) is 3.17. The third kappa shape index (κ3) is 2.03. The molecule has 4 nitrogen and oxygen atoms in total. The first-order valence-electron chi connectivity index (χ1n) is 10.2. The molecular weight excluding hydrogens is 316 g/mol. The molecule has 1 spiro atoms. The Balaban J connectivity index is 1.53. The van der Waals surface area contributed by atoms with Gasteiger partial charge in [-0.3, -0.25) is 0 Å². The largest absolute Gasteiger partial charge is 0.393 e. The molecule has 0 unspecified atom stereocenters. The number of fused-ring (bicyclic) bond motifs is 6. The summed E-state index contributed by atoms with van der Waals surface area (Å²) in [5, 5.41) is 21.2. The summed E-state index contributed by atoms with van der Waals surface area (Å²) < 4.78 is 12.4. The first-order chi connectivity index (χ1) is 11.9. The van der Waals surface area contributed by atoms with Crippen molar-refractivity contribution in [3.63, 3.8) is 0 Å². The highest BCUT2D eigenvalue weighted by Crippen LogP contribution is 2.68. The third-order valence-electron chi connectivity index (χ3n) is 8.90. The monoisotopic (exact) mass is 348 g/mol. The van der Waals surface area contributed by atoms with E-state index in [1.54, 1.807) is 0 Å². The summed E-state index contributed by atoms with van der Waals surface area (Å²) in [5.41, 5.74) is 1.48. The maximum absolute atomic E-state index is 11.1. The molecule has 1 aliphatic heterocycles. The smallest absolute Gasteiger partial charge is 0.174 e. The van der Waals surface area contributed by atoms with Gasteiger partial charge < -0.3 is 19.7 Å². The van der Waals surface area contributed by atoms with E-state index in [1.807, 2.05) is 0 Å². The molecule has 1 heterocycles. The van der Waals surface area contributed by atoms with Crippen LogP contribution >= 0.6 is 0 Å². The second kappa shape index (κ2) is 5.31. The minimum Gasteiger partial charge on any atom is -0.393 e. The fourth-order valence-electron chi connectivity index (χ4n) is 7.52. The number of aliphatic hydroxyl groups is 2. The van der Waals surface area contributed by atoms with E-state index in [9.17, 15) is 10.2 Å². The first kappa shape index (κ1) is 16.7. The zero-order chi connectivity index (χ0) is 17.4. The molecule has 0 aromatic heterocycles. The van der Waals surface area contributed by atoms with Crippen LogP contribution in [0.15, 0.2) is 11.6 Å². The lowest BCUT2D eigenvalue weighted by molar-refractivity contribution is -0.246. The lowest BCUT2D eigenvalue weighted by Gasteiger charge is -2.59. The van der Waals surface area contributed by atoms with Crippen LogP contribution in [0.2, 0.25) is 0 Å². The quantitative estimate of drug-likeness (QED) is 0.661. The van der Waals surface area contributed by atoms with E-state index in [4.69, 9.17) is 9.47 Å². The molecule has 4 aliphatic carbocycles. The lowest BCUT2D eigenvalue weighted by atomic mass is 9.47. The van der Waals surface area contributed by atoms with Crippen molar-refractivity contribution in [3.05, 3.63) is 11.6 Å². The van der Waals surface area contributed by atoms with Crippen LogP contribution in [0.5, 0.6) is 0 Å². The summed E-state index contributed by atoms with van der Waals surface area (Å²) in [6.07, 6.45) is 8.50. The van der Waals surface area contributed by atoms with E-state index in [0.717, 1.165) is 44.9 Å². The molecule has 1 saturated heterocycles. The number of rotatable bonds is 0. The van der Waals surface area contributed by atoms with Gasteiger partial charge in [0.05, 0.1) is 25.4 Å². The normalized spacial score (nSPS) is 53.9. The molecule has 0 radical (unpaired) electrons. The van der Waals surface area contributed by atoms with E-state index in [-0.39, 0.29) is 23.0 Å². The molecule has 4 heteroatoms. The predicted molar refractivity (Wildman–Crippen MR) is 93.7 cm³/mol. The van der Waals surface area contributed by atoms with Gasteiger partial charge in [-0.2, -0.15) is 0 Å². The number of ether oxygens (including phenoxy) is 2. The molecule has 3 saturated carbocycles. The van der Waals surface area contributed by atoms with Gasteiger partial charge >= 0.3 is 0 Å². The van der Waals surface area contributed by atoms with Crippen molar-refractivity contribution in [3.8, 4) is 0 Å². The summed E-state index contributed by atoms with van der Waals surface area (Å²) in [5.74, 6) is 0.871. The van der Waals surface area contributed by atoms with Crippen molar-refractivity contribution in [2.24, 2.45) is 28.6 Å². The first-order valence-corrected chi connectivity index (χ1v) is 10.2. The fourth-order valence-corrected chi connectivity index (χ4v) is 7.52. The molecule has 0 bridgehead atoms. The maximum Gasteiger partial charge on any atom is 0.174 e. The highest BCUT2D eigenvalue weighted by atomic mass is 16.7. The van der Waals surface area contributed by atoms with Gasteiger partial charge in [0.25, 0.3) is 0 Å². The van der Waals surface area contributed by atoms with Crippen LogP contribution in [-0.2, 0) is 9.47 Å². The summed E-state index contributed by atoms with van der Waals surface area (Å²) in [4.78, 5) is 0. The zero-order valence-corrected chi connectivity index (χ0v) is 15.5. The third-order valence-corrected chi connectivity index (χ3v) is 8.90. The molecule has 5 aliphatic rings. The van der Waals surface area contributed by atoms with E-state index in [0.29, 0.717) is 31.0 Å². The van der Waals surface area contributed by atoms with Crippen LogP contribution in [0.1, 0.15) is 58.8 Å². The number of hydrogen-bond acceptors (Lipinski definition) is 4. The lowest BCUT2D eigenvalue weighted by Crippen LogP contribution is -2.58. The van der Waals surface area contributed by atoms with Crippen LogP contribution in [0, 0.1) is 28.6 Å². The highest BCUT2D eigenvalue weighted by molar-refractivity contribution is 5.28. The fraction of sp³-hybridized carbons (Fsp3) is 0.905. The molecule has 25 heavy (non-hydrogen) atoms. The number of hydrogen-bond donors (Lipinski definition) is 2. The Morgan fingerprint density at radius 2 is 1.68 bits per heavy atom. The van der Waals surface area contributed by atoms with Crippen LogP contribution in [-0.4, -0.2) is 41.4 Å². The van der Waals surface area contributed by atoms with Crippen molar-refractivity contribution < 1.29 is 19.7 Å². The number of aliphatic hydroxyl groups excluding tert-OH is 2. The molecule has 7 atom stereocenters. The summed E-state index contributed by atoms with van der Waals surface area (Å²) >= 11 is 0. The molecule has 0 aromatic carbocycles. The topological polar surface area (TPSA) is 58.9 Å². The Morgan fingerprint density at radius 1 is 0.960 bits per heavy atom. The van der Waals surface area contributed by atoms with Crippen LogP contribution in [0.25, 0.3) is 0 Å². The van der Waals surface area contributed by atoms with Crippen LogP contribution < -0.4 is 0 Å². The molecule has 4 fully saturated rings. The minimum atomic E-state index is -0.407. The average molecular weight is 348 g/mol. The van der Waals surface area contributed by atoms with Gasteiger partial charge in [0.1, 0.15) is 0 Å². The molecule has 0 aromatic rings.